The van der Waals surface area contributed by atoms with E-state index >= 15 is 0 Å². The summed E-state index contributed by atoms with van der Waals surface area (Å²) >= 11 is 0. The van der Waals surface area contributed by atoms with Crippen LogP contribution in [0.2, 0.25) is 0 Å². The van der Waals surface area contributed by atoms with Crippen LogP contribution in [0.3, 0.4) is 0 Å². The number of nitrogens with one attached hydrogen (secondary N) is 1. The fourth-order valence-electron chi connectivity index (χ4n) is 2.82. The summed E-state index contributed by atoms with van der Waals surface area (Å²) in [5.41, 5.74) is 4.71. The number of hydrogen-bond acceptors (Lipinski definition) is 3. The van der Waals surface area contributed by atoms with Gasteiger partial charge in [-0.25, -0.2) is 0 Å². The molecule has 2 rings (SSSR count). The van der Waals surface area contributed by atoms with Gasteiger partial charge in [-0.1, -0.05) is 6.92 Å². The molecule has 0 saturated heterocycles. The third-order valence-corrected chi connectivity index (χ3v) is 4.05. The van der Waals surface area contributed by atoms with Crippen molar-refractivity contribution in [2.75, 3.05) is 7.05 Å². The van der Waals surface area contributed by atoms with E-state index in [1.165, 1.54) is 11.3 Å². The molecule has 1 N–H and O–H groups in total. The van der Waals surface area contributed by atoms with E-state index in [9.17, 15) is 0 Å². The van der Waals surface area contributed by atoms with Crippen LogP contribution in [0.1, 0.15) is 61.9 Å². The standard InChI is InChI=1S/C16H27N5/c1-7-15(17-6)16-12(4)18-21(13(16)5)10-14-8-9-20(19-14)11(2)3/h8-9,11,15,17H,7,10H2,1-6H3. The Bertz CT molecular complexity index is 590. The molecule has 0 aliphatic carbocycles. The highest BCUT2D eigenvalue weighted by molar-refractivity contribution is 5.28. The van der Waals surface area contributed by atoms with Gasteiger partial charge in [0, 0.05) is 29.5 Å². The molecule has 2 aromatic rings. The molecule has 0 amide bonds. The van der Waals surface area contributed by atoms with E-state index in [1.54, 1.807) is 0 Å². The summed E-state index contributed by atoms with van der Waals surface area (Å²) in [7, 11) is 2.01. The van der Waals surface area contributed by atoms with E-state index in [0.717, 1.165) is 24.4 Å². The van der Waals surface area contributed by atoms with Crippen molar-refractivity contribution >= 4 is 0 Å². The molecule has 21 heavy (non-hydrogen) atoms. The quantitative estimate of drug-likeness (QED) is 0.889. The highest BCUT2D eigenvalue weighted by atomic mass is 15.3. The molecule has 0 aliphatic rings. The summed E-state index contributed by atoms with van der Waals surface area (Å²) in [6.07, 6.45) is 3.10. The predicted octanol–water partition coefficient (Wildman–Crippen LogP) is 3.00. The molecule has 0 bridgehead atoms. The minimum atomic E-state index is 0.368. The third kappa shape index (κ3) is 3.18. The highest BCUT2D eigenvalue weighted by Crippen LogP contribution is 2.24. The summed E-state index contributed by atoms with van der Waals surface area (Å²) < 4.78 is 4.06. The smallest absolute Gasteiger partial charge is 0.0853 e. The topological polar surface area (TPSA) is 47.7 Å². The number of aromatic nitrogens is 4. The van der Waals surface area contributed by atoms with Crippen molar-refractivity contribution in [1.82, 2.24) is 24.9 Å². The van der Waals surface area contributed by atoms with E-state index in [0.29, 0.717) is 12.1 Å². The Balaban J connectivity index is 2.26. The van der Waals surface area contributed by atoms with E-state index in [-0.39, 0.29) is 0 Å². The molecule has 0 radical (unpaired) electrons. The fraction of sp³-hybridized carbons (Fsp3) is 0.625. The maximum Gasteiger partial charge on any atom is 0.0853 e. The van der Waals surface area contributed by atoms with E-state index in [4.69, 9.17) is 5.10 Å². The first-order valence-electron chi connectivity index (χ1n) is 7.73. The molecule has 0 saturated carbocycles. The van der Waals surface area contributed by atoms with Gasteiger partial charge >= 0.3 is 0 Å². The van der Waals surface area contributed by atoms with Gasteiger partial charge in [0.15, 0.2) is 0 Å². The van der Waals surface area contributed by atoms with Crippen molar-refractivity contribution in [2.45, 2.75) is 59.7 Å². The third-order valence-electron chi connectivity index (χ3n) is 4.05. The van der Waals surface area contributed by atoms with E-state index in [2.05, 4.69) is 55.8 Å². The van der Waals surface area contributed by atoms with Gasteiger partial charge in [-0.2, -0.15) is 10.2 Å². The Kier molecular flexibility index (Phi) is 4.83. The average molecular weight is 289 g/mol. The van der Waals surface area contributed by atoms with Gasteiger partial charge in [-0.15, -0.1) is 0 Å². The molecular formula is C16H27N5. The first-order valence-corrected chi connectivity index (χ1v) is 7.73. The van der Waals surface area contributed by atoms with Crippen LogP contribution in [-0.4, -0.2) is 26.6 Å². The van der Waals surface area contributed by atoms with Gasteiger partial charge in [0.05, 0.1) is 17.9 Å². The van der Waals surface area contributed by atoms with Crippen LogP contribution < -0.4 is 5.32 Å². The highest BCUT2D eigenvalue weighted by Gasteiger charge is 2.18. The van der Waals surface area contributed by atoms with Crippen LogP contribution in [0.15, 0.2) is 12.3 Å². The van der Waals surface area contributed by atoms with Gasteiger partial charge in [0.1, 0.15) is 0 Å². The second kappa shape index (κ2) is 6.43. The number of rotatable bonds is 6. The second-order valence-corrected chi connectivity index (χ2v) is 5.87. The van der Waals surface area contributed by atoms with E-state index < -0.39 is 0 Å². The SMILES string of the molecule is CCC(NC)c1c(C)nn(Cc2ccn(C(C)C)n2)c1C. The summed E-state index contributed by atoms with van der Waals surface area (Å²) in [6.45, 7) is 11.4. The van der Waals surface area contributed by atoms with Crippen molar-refractivity contribution in [1.29, 1.82) is 0 Å². The van der Waals surface area contributed by atoms with Crippen molar-refractivity contribution in [3.05, 3.63) is 34.9 Å². The average Bonchev–Trinajstić information content (AvgIpc) is 3.01. The summed E-state index contributed by atoms with van der Waals surface area (Å²) in [5.74, 6) is 0. The number of hydrogen-bond donors (Lipinski definition) is 1. The lowest BCUT2D eigenvalue weighted by Crippen LogP contribution is -2.17. The molecule has 2 heterocycles. The molecule has 1 atom stereocenters. The lowest BCUT2D eigenvalue weighted by molar-refractivity contribution is 0.519. The number of nitrogens with zero attached hydrogens (tertiary/aromatic N) is 4. The molecule has 0 aliphatic heterocycles. The van der Waals surface area contributed by atoms with Crippen LogP contribution in [0.25, 0.3) is 0 Å². The van der Waals surface area contributed by atoms with Crippen molar-refractivity contribution < 1.29 is 0 Å². The number of aryl methyl sites for hydroxylation is 1. The zero-order chi connectivity index (χ0) is 15.6. The molecule has 0 aromatic carbocycles. The Morgan fingerprint density at radius 2 is 1.95 bits per heavy atom. The van der Waals surface area contributed by atoms with Gasteiger partial charge in [-0.3, -0.25) is 9.36 Å². The van der Waals surface area contributed by atoms with Gasteiger partial charge in [0.2, 0.25) is 0 Å². The lowest BCUT2D eigenvalue weighted by Gasteiger charge is -2.14. The molecule has 2 aromatic heterocycles. The Labute approximate surface area is 127 Å². The van der Waals surface area contributed by atoms with Crippen molar-refractivity contribution in [2.24, 2.45) is 0 Å². The predicted molar refractivity (Wildman–Crippen MR) is 85.5 cm³/mol. The maximum atomic E-state index is 4.70. The normalized spacial score (nSPS) is 13.1. The summed E-state index contributed by atoms with van der Waals surface area (Å²) in [4.78, 5) is 0. The Hall–Kier alpha value is -1.62. The molecule has 5 nitrogen and oxygen atoms in total. The second-order valence-electron chi connectivity index (χ2n) is 5.87. The minimum absolute atomic E-state index is 0.368. The molecule has 0 fully saturated rings. The van der Waals surface area contributed by atoms with Crippen molar-refractivity contribution in [3.63, 3.8) is 0 Å². The largest absolute Gasteiger partial charge is 0.313 e. The summed E-state index contributed by atoms with van der Waals surface area (Å²) in [6, 6.07) is 2.83. The zero-order valence-electron chi connectivity index (χ0n) is 14.0. The van der Waals surface area contributed by atoms with Crippen LogP contribution in [0, 0.1) is 13.8 Å². The first-order chi connectivity index (χ1) is 9.97. The van der Waals surface area contributed by atoms with E-state index in [1.807, 2.05) is 17.9 Å². The zero-order valence-corrected chi connectivity index (χ0v) is 14.0. The Morgan fingerprint density at radius 1 is 1.24 bits per heavy atom. The molecule has 116 valence electrons. The monoisotopic (exact) mass is 289 g/mol. The Morgan fingerprint density at radius 3 is 2.48 bits per heavy atom. The molecule has 5 heteroatoms. The summed E-state index contributed by atoms with van der Waals surface area (Å²) in [5, 5.41) is 12.7. The van der Waals surface area contributed by atoms with Crippen LogP contribution in [0.5, 0.6) is 0 Å². The molecule has 0 spiro atoms. The van der Waals surface area contributed by atoms with Crippen LogP contribution >= 0.6 is 0 Å². The minimum Gasteiger partial charge on any atom is -0.313 e. The van der Waals surface area contributed by atoms with Crippen molar-refractivity contribution in [3.8, 4) is 0 Å². The van der Waals surface area contributed by atoms with Gasteiger partial charge < -0.3 is 5.32 Å². The maximum absolute atomic E-state index is 4.70. The van der Waals surface area contributed by atoms with Crippen LogP contribution in [-0.2, 0) is 6.54 Å². The molecular weight excluding hydrogens is 262 g/mol. The lowest BCUT2D eigenvalue weighted by atomic mass is 10.0. The first kappa shape index (κ1) is 15.8. The molecule has 1 unspecified atom stereocenters. The van der Waals surface area contributed by atoms with Crippen LogP contribution in [0.4, 0.5) is 0 Å². The van der Waals surface area contributed by atoms with Gasteiger partial charge in [-0.05, 0) is 47.2 Å². The van der Waals surface area contributed by atoms with Gasteiger partial charge in [0.25, 0.3) is 0 Å². The fourth-order valence-corrected chi connectivity index (χ4v) is 2.82.